The minimum Gasteiger partial charge on any atom is -0.402 e. The maximum atomic E-state index is 5.68. The lowest BCUT2D eigenvalue weighted by molar-refractivity contribution is 1.17. The average molecular weight is 167 g/mol. The van der Waals surface area contributed by atoms with Gasteiger partial charge in [-0.3, -0.25) is 4.99 Å². The van der Waals surface area contributed by atoms with E-state index >= 15 is 0 Å². The summed E-state index contributed by atoms with van der Waals surface area (Å²) in [4.78, 5) is 4.20. The van der Waals surface area contributed by atoms with Gasteiger partial charge in [-0.2, -0.15) is 0 Å². The van der Waals surface area contributed by atoms with E-state index in [4.69, 9.17) is 11.5 Å². The Morgan fingerprint density at radius 2 is 1.58 bits per heavy atom. The van der Waals surface area contributed by atoms with Crippen LogP contribution in [0.3, 0.4) is 0 Å². The highest BCUT2D eigenvalue weighted by atomic mass is 14.8. The highest BCUT2D eigenvalue weighted by molar-refractivity contribution is 5.80. The summed E-state index contributed by atoms with van der Waals surface area (Å²) < 4.78 is 0. The fourth-order valence-electron chi connectivity index (χ4n) is 0.750. The third-order valence-electron chi connectivity index (χ3n) is 1.19. The van der Waals surface area contributed by atoms with Crippen LogP contribution in [0.25, 0.3) is 0 Å². The molecule has 0 fully saturated rings. The van der Waals surface area contributed by atoms with E-state index in [0.717, 1.165) is 11.4 Å². The molecule has 0 radical (unpaired) electrons. The fraction of sp³-hybridized carbons (Fsp3) is 0.444. The second kappa shape index (κ2) is 4.59. The van der Waals surface area contributed by atoms with Gasteiger partial charge in [0.1, 0.15) is 0 Å². The van der Waals surface area contributed by atoms with Crippen LogP contribution in [-0.2, 0) is 0 Å². The minimum absolute atomic E-state index is 0.621. The highest BCUT2D eigenvalue weighted by Crippen LogP contribution is 2.02. The standard InChI is InChI=1S/C9H17N3/c1-6(2)12-8(4)9(11)5-7(3)10/h5H,10-11H2,1-4H3/b7-5-,9-8-. The van der Waals surface area contributed by atoms with Crippen LogP contribution in [0.15, 0.2) is 28.2 Å². The summed E-state index contributed by atoms with van der Waals surface area (Å²) in [5, 5.41) is 0. The van der Waals surface area contributed by atoms with E-state index in [1.54, 1.807) is 13.0 Å². The Balaban J connectivity index is 4.71. The predicted molar refractivity (Wildman–Crippen MR) is 53.6 cm³/mol. The molecular formula is C9H17N3. The number of hydrogen-bond donors (Lipinski definition) is 2. The molecular weight excluding hydrogens is 150 g/mol. The zero-order valence-corrected chi connectivity index (χ0v) is 8.18. The van der Waals surface area contributed by atoms with Crippen molar-refractivity contribution in [2.75, 3.05) is 0 Å². The van der Waals surface area contributed by atoms with Gasteiger partial charge in [-0.1, -0.05) is 0 Å². The van der Waals surface area contributed by atoms with Crippen molar-refractivity contribution in [3.8, 4) is 0 Å². The first kappa shape index (κ1) is 10.8. The minimum atomic E-state index is 0.621. The molecule has 0 aliphatic carbocycles. The lowest BCUT2D eigenvalue weighted by Gasteiger charge is -1.99. The lowest BCUT2D eigenvalue weighted by atomic mass is 10.3. The summed E-state index contributed by atoms with van der Waals surface area (Å²) in [7, 11) is 0. The third-order valence-corrected chi connectivity index (χ3v) is 1.19. The Bertz CT molecular complexity index is 212. The van der Waals surface area contributed by atoms with Crippen LogP contribution in [-0.4, -0.2) is 5.71 Å². The molecule has 0 aliphatic rings. The third kappa shape index (κ3) is 4.55. The van der Waals surface area contributed by atoms with Crippen molar-refractivity contribution >= 4 is 5.71 Å². The fourth-order valence-corrected chi connectivity index (χ4v) is 0.750. The average Bonchev–Trinajstić information content (AvgIpc) is 1.84. The highest BCUT2D eigenvalue weighted by Gasteiger charge is 1.92. The summed E-state index contributed by atoms with van der Waals surface area (Å²) in [6.07, 6.45) is 1.71. The van der Waals surface area contributed by atoms with Crippen LogP contribution >= 0.6 is 0 Å². The number of hydrogen-bond acceptors (Lipinski definition) is 3. The second-order valence-electron chi connectivity index (χ2n) is 2.99. The van der Waals surface area contributed by atoms with Gasteiger partial charge in [0.2, 0.25) is 0 Å². The molecule has 0 aromatic carbocycles. The summed E-state index contributed by atoms with van der Waals surface area (Å²) in [6, 6.07) is 0. The SMILES string of the molecule is CC(C)=N/C(C)=C(N)/C=C(/C)N. The topological polar surface area (TPSA) is 64.4 Å². The maximum absolute atomic E-state index is 5.68. The van der Waals surface area contributed by atoms with Gasteiger partial charge in [-0.15, -0.1) is 0 Å². The van der Waals surface area contributed by atoms with E-state index in [-0.39, 0.29) is 0 Å². The van der Waals surface area contributed by atoms with Gasteiger partial charge in [0.05, 0.1) is 11.4 Å². The van der Waals surface area contributed by atoms with Crippen molar-refractivity contribution in [3.63, 3.8) is 0 Å². The van der Waals surface area contributed by atoms with Gasteiger partial charge < -0.3 is 11.5 Å². The number of nitrogens with two attached hydrogens (primary N) is 2. The van der Waals surface area contributed by atoms with Crippen LogP contribution < -0.4 is 11.5 Å². The molecule has 68 valence electrons. The van der Waals surface area contributed by atoms with Gasteiger partial charge in [-0.25, -0.2) is 0 Å². The number of allylic oxidation sites excluding steroid dienone is 3. The van der Waals surface area contributed by atoms with E-state index in [9.17, 15) is 0 Å². The van der Waals surface area contributed by atoms with Crippen molar-refractivity contribution in [2.45, 2.75) is 27.7 Å². The molecule has 0 aromatic rings. The van der Waals surface area contributed by atoms with Crippen molar-refractivity contribution in [3.05, 3.63) is 23.2 Å². The largest absolute Gasteiger partial charge is 0.402 e. The summed E-state index contributed by atoms with van der Waals surface area (Å²) in [5.74, 6) is 0. The molecule has 4 N–H and O–H groups in total. The van der Waals surface area contributed by atoms with Gasteiger partial charge in [0, 0.05) is 11.4 Å². The zero-order chi connectivity index (χ0) is 9.72. The van der Waals surface area contributed by atoms with Crippen LogP contribution in [0.5, 0.6) is 0 Å². The number of aliphatic imine (C=N–C) groups is 1. The number of rotatable bonds is 2. The normalized spacial score (nSPS) is 13.8. The van der Waals surface area contributed by atoms with Crippen LogP contribution in [0, 0.1) is 0 Å². The smallest absolute Gasteiger partial charge is 0.0601 e. The first-order valence-corrected chi connectivity index (χ1v) is 3.85. The molecule has 0 aromatic heterocycles. The molecule has 0 heterocycles. The van der Waals surface area contributed by atoms with E-state index < -0.39 is 0 Å². The molecule has 0 aliphatic heterocycles. The lowest BCUT2D eigenvalue weighted by Crippen LogP contribution is -2.01. The Kier molecular flexibility index (Phi) is 4.11. The molecule has 0 spiro atoms. The van der Waals surface area contributed by atoms with Crippen molar-refractivity contribution in [1.29, 1.82) is 0 Å². The molecule has 0 unspecified atom stereocenters. The molecule has 0 rings (SSSR count). The predicted octanol–water partition coefficient (Wildman–Crippen LogP) is 1.52. The molecule has 0 saturated carbocycles. The van der Waals surface area contributed by atoms with Gasteiger partial charge in [0.15, 0.2) is 0 Å². The Labute approximate surface area is 73.9 Å². The zero-order valence-electron chi connectivity index (χ0n) is 8.18. The van der Waals surface area contributed by atoms with Crippen LogP contribution in [0.1, 0.15) is 27.7 Å². The summed E-state index contributed by atoms with van der Waals surface area (Å²) in [5.41, 5.74) is 14.2. The molecule has 3 heteroatoms. The maximum Gasteiger partial charge on any atom is 0.0601 e. The molecule has 0 atom stereocenters. The number of nitrogens with zero attached hydrogens (tertiary/aromatic N) is 1. The molecule has 3 nitrogen and oxygen atoms in total. The molecule has 12 heavy (non-hydrogen) atoms. The second-order valence-corrected chi connectivity index (χ2v) is 2.99. The Morgan fingerprint density at radius 1 is 1.08 bits per heavy atom. The summed E-state index contributed by atoms with van der Waals surface area (Å²) >= 11 is 0. The monoisotopic (exact) mass is 167 g/mol. The molecule has 0 saturated heterocycles. The quantitative estimate of drug-likeness (QED) is 0.483. The molecule has 0 amide bonds. The first-order chi connectivity index (χ1) is 5.43. The van der Waals surface area contributed by atoms with Gasteiger partial charge in [0.25, 0.3) is 0 Å². The van der Waals surface area contributed by atoms with Crippen molar-refractivity contribution in [1.82, 2.24) is 0 Å². The van der Waals surface area contributed by atoms with E-state index in [1.807, 2.05) is 20.8 Å². The van der Waals surface area contributed by atoms with E-state index in [1.165, 1.54) is 0 Å². The molecule has 0 bridgehead atoms. The Hall–Kier alpha value is -1.25. The van der Waals surface area contributed by atoms with Crippen LogP contribution in [0.2, 0.25) is 0 Å². The van der Waals surface area contributed by atoms with Gasteiger partial charge >= 0.3 is 0 Å². The van der Waals surface area contributed by atoms with E-state index in [0.29, 0.717) is 11.4 Å². The van der Waals surface area contributed by atoms with Crippen molar-refractivity contribution in [2.24, 2.45) is 16.5 Å². The van der Waals surface area contributed by atoms with Crippen LogP contribution in [0.4, 0.5) is 0 Å². The first-order valence-electron chi connectivity index (χ1n) is 3.85. The van der Waals surface area contributed by atoms with E-state index in [2.05, 4.69) is 4.99 Å². The Morgan fingerprint density at radius 3 is 1.92 bits per heavy atom. The van der Waals surface area contributed by atoms with Gasteiger partial charge in [-0.05, 0) is 33.8 Å². The summed E-state index contributed by atoms with van der Waals surface area (Å²) in [6.45, 7) is 7.51. The van der Waals surface area contributed by atoms with Crippen molar-refractivity contribution < 1.29 is 0 Å².